The van der Waals surface area contributed by atoms with Gasteiger partial charge in [0.1, 0.15) is 17.6 Å². The highest BCUT2D eigenvalue weighted by molar-refractivity contribution is 8.00. The molecule has 1 aliphatic carbocycles. The second-order valence-corrected chi connectivity index (χ2v) is 11.0. The number of carbonyl (C=O) groups excluding carboxylic acids is 2. The highest BCUT2D eigenvalue weighted by Crippen LogP contribution is 2.39. The van der Waals surface area contributed by atoms with Crippen molar-refractivity contribution < 1.29 is 24.2 Å². The SMILES string of the molecule is COc1ccc2ncc3c(c2c1)CC(C(O)C1CCC(NC(=O)c2ccc4c(c2)NC(=O)CS4)CC1)O3. The Balaban J connectivity index is 1.06. The largest absolute Gasteiger partial charge is 0.497 e. The Hall–Kier alpha value is -3.30. The molecule has 0 bridgehead atoms. The van der Waals surface area contributed by atoms with Crippen LogP contribution >= 0.6 is 11.8 Å². The van der Waals surface area contributed by atoms with E-state index in [0.29, 0.717) is 23.4 Å². The molecule has 1 saturated carbocycles. The van der Waals surface area contributed by atoms with E-state index in [-0.39, 0.29) is 29.9 Å². The first-order chi connectivity index (χ1) is 18.0. The summed E-state index contributed by atoms with van der Waals surface area (Å²) >= 11 is 1.48. The average Bonchev–Trinajstić information content (AvgIpc) is 3.37. The van der Waals surface area contributed by atoms with Crippen molar-refractivity contribution in [1.29, 1.82) is 0 Å². The number of aliphatic hydroxyl groups excluding tert-OH is 1. The van der Waals surface area contributed by atoms with Gasteiger partial charge in [0, 0.05) is 33.9 Å². The smallest absolute Gasteiger partial charge is 0.251 e. The van der Waals surface area contributed by atoms with Crippen LogP contribution in [-0.4, -0.2) is 53.0 Å². The molecule has 3 aliphatic rings. The summed E-state index contributed by atoms with van der Waals surface area (Å²) in [5, 5.41) is 18.2. The summed E-state index contributed by atoms with van der Waals surface area (Å²) < 4.78 is 11.5. The molecule has 1 aromatic heterocycles. The van der Waals surface area contributed by atoms with E-state index in [1.54, 1.807) is 25.4 Å². The number of carbonyl (C=O) groups is 2. The topological polar surface area (TPSA) is 110 Å². The Bertz CT molecular complexity index is 1370. The van der Waals surface area contributed by atoms with Crippen molar-refractivity contribution in [2.45, 2.75) is 55.2 Å². The van der Waals surface area contributed by atoms with Gasteiger partial charge >= 0.3 is 0 Å². The predicted molar refractivity (Wildman–Crippen MR) is 141 cm³/mol. The van der Waals surface area contributed by atoms with Gasteiger partial charge in [-0.2, -0.15) is 0 Å². The Morgan fingerprint density at radius 2 is 2.05 bits per heavy atom. The van der Waals surface area contributed by atoms with Crippen LogP contribution in [0.15, 0.2) is 47.5 Å². The zero-order valence-corrected chi connectivity index (χ0v) is 21.3. The van der Waals surface area contributed by atoms with Crippen molar-refractivity contribution in [1.82, 2.24) is 10.3 Å². The molecule has 3 aromatic rings. The number of aliphatic hydroxyl groups is 1. The number of pyridine rings is 1. The molecule has 8 nitrogen and oxygen atoms in total. The molecule has 192 valence electrons. The minimum absolute atomic E-state index is 0.0505. The Morgan fingerprint density at radius 3 is 2.86 bits per heavy atom. The van der Waals surface area contributed by atoms with E-state index < -0.39 is 6.10 Å². The van der Waals surface area contributed by atoms with Crippen molar-refractivity contribution >= 4 is 40.2 Å². The van der Waals surface area contributed by atoms with Crippen molar-refractivity contribution in [3.8, 4) is 11.5 Å². The van der Waals surface area contributed by atoms with Gasteiger partial charge in [0.2, 0.25) is 5.91 Å². The average molecular weight is 520 g/mol. The van der Waals surface area contributed by atoms with E-state index in [9.17, 15) is 14.7 Å². The number of nitrogens with one attached hydrogen (secondary N) is 2. The summed E-state index contributed by atoms with van der Waals surface area (Å²) in [6, 6.07) is 11.3. The Morgan fingerprint density at radius 1 is 1.22 bits per heavy atom. The van der Waals surface area contributed by atoms with E-state index >= 15 is 0 Å². The highest BCUT2D eigenvalue weighted by atomic mass is 32.2. The third-order valence-electron chi connectivity index (χ3n) is 7.68. The number of hydrogen-bond donors (Lipinski definition) is 3. The normalized spacial score (nSPS) is 23.4. The summed E-state index contributed by atoms with van der Waals surface area (Å²) in [7, 11) is 1.64. The van der Waals surface area contributed by atoms with Crippen LogP contribution in [0.4, 0.5) is 5.69 Å². The first kappa shape index (κ1) is 24.1. The maximum atomic E-state index is 12.9. The number of methoxy groups -OCH3 is 1. The van der Waals surface area contributed by atoms with Crippen LogP contribution in [0.1, 0.15) is 41.6 Å². The Labute approximate surface area is 219 Å². The van der Waals surface area contributed by atoms with Gasteiger partial charge < -0.3 is 25.2 Å². The summed E-state index contributed by atoms with van der Waals surface area (Å²) in [4.78, 5) is 30.0. The number of hydrogen-bond acceptors (Lipinski definition) is 7. The number of nitrogens with zero attached hydrogens (tertiary/aromatic N) is 1. The first-order valence-electron chi connectivity index (χ1n) is 12.7. The number of aromatic nitrogens is 1. The number of benzene rings is 2. The second-order valence-electron chi connectivity index (χ2n) is 9.97. The van der Waals surface area contributed by atoms with Crippen LogP contribution in [0.25, 0.3) is 10.9 Å². The van der Waals surface area contributed by atoms with Gasteiger partial charge in [0.05, 0.1) is 36.4 Å². The zero-order valence-electron chi connectivity index (χ0n) is 20.5. The van der Waals surface area contributed by atoms with E-state index in [4.69, 9.17) is 9.47 Å². The molecular formula is C28H29N3O5S. The lowest BCUT2D eigenvalue weighted by atomic mass is 9.80. The van der Waals surface area contributed by atoms with Crippen LogP contribution in [0.5, 0.6) is 11.5 Å². The van der Waals surface area contributed by atoms with Crippen LogP contribution in [0.2, 0.25) is 0 Å². The third-order valence-corrected chi connectivity index (χ3v) is 8.75. The molecule has 1 fully saturated rings. The van der Waals surface area contributed by atoms with Gasteiger partial charge in [-0.05, 0) is 68.0 Å². The molecule has 3 N–H and O–H groups in total. The standard InChI is InChI=1S/C28H29N3O5S/c1-35-18-7-8-21-19(11-18)20-12-23(36-24(20)13-29-21)27(33)15-2-5-17(6-3-15)30-28(34)16-4-9-25-22(10-16)31-26(32)14-37-25/h4,7-11,13,15,17,23,27,33H,2-3,5-6,12,14H2,1H3,(H,30,34)(H,31,32). The van der Waals surface area contributed by atoms with Crippen LogP contribution < -0.4 is 20.1 Å². The summed E-state index contributed by atoms with van der Waals surface area (Å²) in [5.74, 6) is 1.81. The van der Waals surface area contributed by atoms with Crippen molar-refractivity contribution in [3.05, 3.63) is 53.7 Å². The molecule has 2 atom stereocenters. The molecule has 9 heteroatoms. The first-order valence-corrected chi connectivity index (χ1v) is 13.6. The summed E-state index contributed by atoms with van der Waals surface area (Å²) in [6.45, 7) is 0. The van der Waals surface area contributed by atoms with E-state index in [1.807, 2.05) is 24.3 Å². The minimum atomic E-state index is -0.591. The highest BCUT2D eigenvalue weighted by Gasteiger charge is 2.37. The molecule has 2 aromatic carbocycles. The molecule has 6 rings (SSSR count). The number of thioether (sulfide) groups is 1. The number of amides is 2. The molecule has 0 saturated heterocycles. The fourth-order valence-corrected chi connectivity index (χ4v) is 6.43. The molecule has 0 spiro atoms. The van der Waals surface area contributed by atoms with Crippen molar-refractivity contribution in [2.75, 3.05) is 18.2 Å². The third kappa shape index (κ3) is 4.73. The molecule has 0 radical (unpaired) electrons. The fraction of sp³-hybridized carbons (Fsp3) is 0.393. The lowest BCUT2D eigenvalue weighted by Gasteiger charge is -2.33. The van der Waals surface area contributed by atoms with Crippen LogP contribution in [-0.2, 0) is 11.2 Å². The monoisotopic (exact) mass is 519 g/mol. The van der Waals surface area contributed by atoms with E-state index in [2.05, 4.69) is 15.6 Å². The minimum Gasteiger partial charge on any atom is -0.497 e. The maximum Gasteiger partial charge on any atom is 0.251 e. The molecule has 2 aliphatic heterocycles. The predicted octanol–water partition coefficient (Wildman–Crippen LogP) is 3.94. The van der Waals surface area contributed by atoms with Gasteiger partial charge in [-0.15, -0.1) is 11.8 Å². The molecule has 2 amide bonds. The number of rotatable bonds is 5. The quantitative estimate of drug-likeness (QED) is 0.468. The molecule has 37 heavy (non-hydrogen) atoms. The van der Waals surface area contributed by atoms with Gasteiger partial charge in [-0.3, -0.25) is 14.6 Å². The molecular weight excluding hydrogens is 490 g/mol. The van der Waals surface area contributed by atoms with Crippen LogP contribution in [0.3, 0.4) is 0 Å². The lowest BCUT2D eigenvalue weighted by Crippen LogP contribution is -2.43. The maximum absolute atomic E-state index is 12.9. The zero-order chi connectivity index (χ0) is 25.5. The number of anilines is 1. The van der Waals surface area contributed by atoms with Gasteiger partial charge in [0.25, 0.3) is 5.91 Å². The van der Waals surface area contributed by atoms with Crippen LogP contribution in [0, 0.1) is 5.92 Å². The van der Waals surface area contributed by atoms with E-state index in [1.165, 1.54) is 11.8 Å². The van der Waals surface area contributed by atoms with Crippen molar-refractivity contribution in [2.24, 2.45) is 5.92 Å². The summed E-state index contributed by atoms with van der Waals surface area (Å²) in [6.07, 6.45) is 4.69. The number of ether oxygens (including phenoxy) is 2. The Kier molecular flexibility index (Phi) is 6.42. The second kappa shape index (κ2) is 9.87. The van der Waals surface area contributed by atoms with Gasteiger partial charge in [-0.25, -0.2) is 0 Å². The molecule has 3 heterocycles. The number of fused-ring (bicyclic) bond motifs is 4. The lowest BCUT2D eigenvalue weighted by molar-refractivity contribution is -0.113. The van der Waals surface area contributed by atoms with Crippen molar-refractivity contribution in [3.63, 3.8) is 0 Å². The molecule has 2 unspecified atom stereocenters. The van der Waals surface area contributed by atoms with Gasteiger partial charge in [-0.1, -0.05) is 0 Å². The van der Waals surface area contributed by atoms with E-state index in [0.717, 1.165) is 58.5 Å². The van der Waals surface area contributed by atoms with Gasteiger partial charge in [0.15, 0.2) is 0 Å². The summed E-state index contributed by atoms with van der Waals surface area (Å²) in [5.41, 5.74) is 3.18. The fourth-order valence-electron chi connectivity index (χ4n) is 5.65.